The van der Waals surface area contributed by atoms with E-state index in [1.165, 1.54) is 6.20 Å². The van der Waals surface area contributed by atoms with Crippen LogP contribution < -0.4 is 4.74 Å². The molecule has 32 heavy (non-hydrogen) atoms. The van der Waals surface area contributed by atoms with Gasteiger partial charge in [0.05, 0.1) is 22.7 Å². The van der Waals surface area contributed by atoms with Gasteiger partial charge in [0.2, 0.25) is 5.88 Å². The molecular formula is C25H30ClN3O3. The summed E-state index contributed by atoms with van der Waals surface area (Å²) in [6.45, 7) is 10.7. The first-order valence-electron chi connectivity index (χ1n) is 10.9. The lowest BCUT2D eigenvalue weighted by atomic mass is 9.99. The smallest absolute Gasteiger partial charge is 0.254 e. The van der Waals surface area contributed by atoms with Crippen LogP contribution in [0.15, 0.2) is 47.6 Å². The summed E-state index contributed by atoms with van der Waals surface area (Å²) in [6, 6.07) is 9.14. The molecule has 2 heterocycles. The Hall–Kier alpha value is -2.86. The Bertz CT molecular complexity index is 1020. The van der Waals surface area contributed by atoms with Crippen molar-refractivity contribution in [1.29, 1.82) is 0 Å². The molecule has 1 aromatic carbocycles. The van der Waals surface area contributed by atoms with Gasteiger partial charge in [-0.3, -0.25) is 4.79 Å². The number of pyridine rings is 1. The number of benzene rings is 1. The molecule has 6 nitrogen and oxygen atoms in total. The van der Waals surface area contributed by atoms with Crippen molar-refractivity contribution in [2.45, 2.75) is 53.1 Å². The van der Waals surface area contributed by atoms with E-state index in [1.807, 2.05) is 52.0 Å². The van der Waals surface area contributed by atoms with E-state index < -0.39 is 0 Å². The number of amides is 1. The molecule has 2 unspecified atom stereocenters. The molecule has 0 fully saturated rings. The predicted octanol–water partition coefficient (Wildman–Crippen LogP) is 5.54. The van der Waals surface area contributed by atoms with E-state index >= 15 is 0 Å². The van der Waals surface area contributed by atoms with Gasteiger partial charge in [-0.1, -0.05) is 30.2 Å². The van der Waals surface area contributed by atoms with Crippen molar-refractivity contribution in [2.24, 2.45) is 4.99 Å². The lowest BCUT2D eigenvalue weighted by Crippen LogP contribution is -2.42. The zero-order chi connectivity index (χ0) is 23.3. The van der Waals surface area contributed by atoms with E-state index in [4.69, 9.17) is 21.1 Å². The molecule has 1 aromatic heterocycles. The molecule has 2 aromatic rings. The highest BCUT2D eigenvalue weighted by Gasteiger charge is 2.26. The third-order valence-corrected chi connectivity index (χ3v) is 5.57. The van der Waals surface area contributed by atoms with Gasteiger partial charge in [-0.25, -0.2) is 9.98 Å². The third-order valence-electron chi connectivity index (χ3n) is 5.34. The number of nitrogens with zero attached hydrogens (tertiary/aromatic N) is 3. The summed E-state index contributed by atoms with van der Waals surface area (Å²) in [7, 11) is 0. The Kier molecular flexibility index (Phi) is 7.91. The molecule has 7 heteroatoms. The van der Waals surface area contributed by atoms with Gasteiger partial charge in [0.25, 0.3) is 5.91 Å². The van der Waals surface area contributed by atoms with Crippen molar-refractivity contribution in [3.05, 3.63) is 64.3 Å². The first-order valence-corrected chi connectivity index (χ1v) is 11.3. The number of aromatic nitrogens is 1. The fraction of sp³-hybridized carbons (Fsp3) is 0.400. The second-order valence-corrected chi connectivity index (χ2v) is 8.31. The summed E-state index contributed by atoms with van der Waals surface area (Å²) in [6.07, 6.45) is 4.40. The van der Waals surface area contributed by atoms with Gasteiger partial charge in [-0.15, -0.1) is 0 Å². The number of aryl methyl sites for hydroxylation is 1. The van der Waals surface area contributed by atoms with Crippen LogP contribution in [0.1, 0.15) is 55.6 Å². The Labute approximate surface area is 194 Å². The quantitative estimate of drug-likeness (QED) is 0.524. The maximum atomic E-state index is 13.6. The second-order valence-electron chi connectivity index (χ2n) is 7.87. The number of likely N-dealkylation sites (N-methyl/N-ethyl adjacent to an activating group) is 1. The molecule has 1 aliphatic rings. The summed E-state index contributed by atoms with van der Waals surface area (Å²) in [5.41, 5.74) is 2.45. The van der Waals surface area contributed by atoms with E-state index in [-0.39, 0.29) is 18.0 Å². The van der Waals surface area contributed by atoms with Gasteiger partial charge < -0.3 is 14.4 Å². The van der Waals surface area contributed by atoms with Crippen LogP contribution in [0.3, 0.4) is 0 Å². The van der Waals surface area contributed by atoms with E-state index in [0.29, 0.717) is 41.3 Å². The van der Waals surface area contributed by atoms with Gasteiger partial charge >= 0.3 is 0 Å². The zero-order valence-electron chi connectivity index (χ0n) is 19.3. The van der Waals surface area contributed by atoms with Gasteiger partial charge in [-0.2, -0.15) is 0 Å². The molecule has 170 valence electrons. The molecule has 0 saturated heterocycles. The number of hydrogen-bond acceptors (Lipinski definition) is 5. The highest BCUT2D eigenvalue weighted by molar-refractivity contribution is 6.30. The van der Waals surface area contributed by atoms with Crippen molar-refractivity contribution in [3.8, 4) is 5.88 Å². The van der Waals surface area contributed by atoms with Gasteiger partial charge in [0, 0.05) is 31.3 Å². The topological polar surface area (TPSA) is 64.0 Å². The Morgan fingerprint density at radius 3 is 2.69 bits per heavy atom. The van der Waals surface area contributed by atoms with Crippen LogP contribution in [0.4, 0.5) is 0 Å². The Morgan fingerprint density at radius 1 is 1.25 bits per heavy atom. The van der Waals surface area contributed by atoms with Crippen LogP contribution in [0.5, 0.6) is 5.88 Å². The zero-order valence-corrected chi connectivity index (χ0v) is 20.0. The highest BCUT2D eigenvalue weighted by Crippen LogP contribution is 2.28. The average molecular weight is 456 g/mol. The molecule has 0 bridgehead atoms. The number of carbonyl (C=O) groups excluding carboxylic acids is 1. The Balaban J connectivity index is 1.83. The number of hydrogen-bond donors (Lipinski definition) is 0. The summed E-state index contributed by atoms with van der Waals surface area (Å²) in [5, 5.41) is 0.549. The van der Waals surface area contributed by atoms with Gasteiger partial charge in [-0.05, 0) is 51.5 Å². The van der Waals surface area contributed by atoms with Crippen LogP contribution in [-0.4, -0.2) is 46.9 Å². The first-order chi connectivity index (χ1) is 15.3. The SMILES string of the molecule is CCC1C=C(c2cc(C)ccc2C(=O)N(CC)C(C)COc2ccc(Cl)cn2)OC(C)=N1. The van der Waals surface area contributed by atoms with Crippen molar-refractivity contribution in [2.75, 3.05) is 13.2 Å². The number of rotatable bonds is 8. The van der Waals surface area contributed by atoms with Crippen molar-refractivity contribution in [3.63, 3.8) is 0 Å². The van der Waals surface area contributed by atoms with Crippen molar-refractivity contribution >= 4 is 29.2 Å². The molecule has 0 aliphatic carbocycles. The van der Waals surface area contributed by atoms with Crippen LogP contribution in [0.25, 0.3) is 5.76 Å². The summed E-state index contributed by atoms with van der Waals surface area (Å²) < 4.78 is 11.7. The van der Waals surface area contributed by atoms with E-state index in [2.05, 4.69) is 16.9 Å². The number of halogens is 1. The molecule has 0 spiro atoms. The number of carbonyl (C=O) groups is 1. The number of ether oxygens (including phenoxy) is 2. The van der Waals surface area contributed by atoms with Crippen LogP contribution in [0, 0.1) is 6.92 Å². The number of aliphatic imine (C=N–C) groups is 1. The van der Waals surface area contributed by atoms with Crippen molar-refractivity contribution in [1.82, 2.24) is 9.88 Å². The molecule has 2 atom stereocenters. The second kappa shape index (κ2) is 10.6. The maximum Gasteiger partial charge on any atom is 0.254 e. The molecule has 3 rings (SSSR count). The van der Waals surface area contributed by atoms with Crippen molar-refractivity contribution < 1.29 is 14.3 Å². The molecule has 0 radical (unpaired) electrons. The first kappa shape index (κ1) is 23.8. The minimum absolute atomic E-state index is 0.0451. The fourth-order valence-corrected chi connectivity index (χ4v) is 3.73. The normalized spacial score (nSPS) is 16.5. The maximum absolute atomic E-state index is 13.6. The Morgan fingerprint density at radius 2 is 2.03 bits per heavy atom. The minimum atomic E-state index is -0.160. The monoisotopic (exact) mass is 455 g/mol. The molecular weight excluding hydrogens is 426 g/mol. The fourth-order valence-electron chi connectivity index (χ4n) is 3.62. The lowest BCUT2D eigenvalue weighted by molar-refractivity contribution is 0.0645. The van der Waals surface area contributed by atoms with E-state index in [9.17, 15) is 4.79 Å². The van der Waals surface area contributed by atoms with Crippen LogP contribution in [0.2, 0.25) is 5.02 Å². The van der Waals surface area contributed by atoms with E-state index in [1.54, 1.807) is 17.0 Å². The van der Waals surface area contributed by atoms with Crippen LogP contribution >= 0.6 is 11.6 Å². The van der Waals surface area contributed by atoms with E-state index in [0.717, 1.165) is 17.5 Å². The predicted molar refractivity (Wildman–Crippen MR) is 128 cm³/mol. The minimum Gasteiger partial charge on any atom is -0.475 e. The molecule has 1 amide bonds. The third kappa shape index (κ3) is 5.68. The molecule has 0 N–H and O–H groups in total. The summed E-state index contributed by atoms with van der Waals surface area (Å²) in [5.74, 6) is 1.70. The summed E-state index contributed by atoms with van der Waals surface area (Å²) >= 11 is 5.88. The molecule has 0 saturated carbocycles. The summed E-state index contributed by atoms with van der Waals surface area (Å²) in [4.78, 5) is 24.1. The largest absolute Gasteiger partial charge is 0.475 e. The average Bonchev–Trinajstić information content (AvgIpc) is 2.78. The van der Waals surface area contributed by atoms with Crippen LogP contribution in [-0.2, 0) is 4.74 Å². The van der Waals surface area contributed by atoms with Gasteiger partial charge in [0.15, 0.2) is 5.90 Å². The van der Waals surface area contributed by atoms with Gasteiger partial charge in [0.1, 0.15) is 12.4 Å². The highest BCUT2D eigenvalue weighted by atomic mass is 35.5. The molecule has 1 aliphatic heterocycles. The standard InChI is InChI=1S/C25H30ClN3O3/c1-6-20-13-23(32-18(5)28-20)22-12-16(3)8-10-21(22)25(30)29(7-2)17(4)15-31-24-11-9-19(26)14-27-24/h8-14,17,20H,6-7,15H2,1-5H3. The lowest BCUT2D eigenvalue weighted by Gasteiger charge is -2.29.